The van der Waals surface area contributed by atoms with Crippen LogP contribution in [-0.2, 0) is 7.05 Å². The first-order valence-corrected chi connectivity index (χ1v) is 7.44. The minimum absolute atomic E-state index is 0.334. The number of nitrogens with zero attached hydrogens (tertiary/aromatic N) is 2. The molecule has 24 heavy (non-hydrogen) atoms. The van der Waals surface area contributed by atoms with Crippen molar-refractivity contribution in [1.82, 2.24) is 9.55 Å². The van der Waals surface area contributed by atoms with Crippen molar-refractivity contribution in [2.24, 2.45) is 7.05 Å². The number of halogens is 9. The van der Waals surface area contributed by atoms with Gasteiger partial charge < -0.3 is 4.57 Å². The topological polar surface area (TPSA) is 17.8 Å². The van der Waals surface area contributed by atoms with Gasteiger partial charge in [-0.2, -0.15) is 22.0 Å². The van der Waals surface area contributed by atoms with Crippen LogP contribution in [-0.4, -0.2) is 39.2 Å². The molecule has 1 heterocycles. The van der Waals surface area contributed by atoms with Gasteiger partial charge in [-0.25, -0.2) is 22.5 Å². The first-order valence-electron chi connectivity index (χ1n) is 6.46. The lowest BCUT2D eigenvalue weighted by Crippen LogP contribution is -2.43. The molecule has 0 spiro atoms. The van der Waals surface area contributed by atoms with Crippen molar-refractivity contribution in [3.63, 3.8) is 0 Å². The van der Waals surface area contributed by atoms with Crippen molar-refractivity contribution in [3.8, 4) is 0 Å². The highest BCUT2D eigenvalue weighted by Crippen LogP contribution is 2.46. The standard InChI is InChI=1S/C12H13F9N2S/c1-23-4-3-22-8(23)24-5-2-9(13,14)6-10(15,16)7-11(17,18)12(19,20)21/h3-4H,2,5-7H2,1H3. The van der Waals surface area contributed by atoms with Gasteiger partial charge in [0, 0.05) is 31.6 Å². The molecule has 0 atom stereocenters. The van der Waals surface area contributed by atoms with Crippen LogP contribution in [0.15, 0.2) is 17.6 Å². The van der Waals surface area contributed by atoms with Gasteiger partial charge in [0.1, 0.15) is 0 Å². The van der Waals surface area contributed by atoms with Gasteiger partial charge >= 0.3 is 12.1 Å². The Hall–Kier alpha value is -1.07. The second-order valence-corrected chi connectivity index (χ2v) is 6.25. The van der Waals surface area contributed by atoms with Crippen LogP contribution >= 0.6 is 11.8 Å². The van der Waals surface area contributed by atoms with Crippen LogP contribution in [0.4, 0.5) is 39.5 Å². The van der Waals surface area contributed by atoms with Gasteiger partial charge in [0.15, 0.2) is 5.16 Å². The van der Waals surface area contributed by atoms with Crippen molar-refractivity contribution in [3.05, 3.63) is 12.4 Å². The molecule has 12 heteroatoms. The zero-order valence-corrected chi connectivity index (χ0v) is 13.0. The monoisotopic (exact) mass is 388 g/mol. The molecule has 0 N–H and O–H groups in total. The second-order valence-electron chi connectivity index (χ2n) is 5.19. The molecule has 0 saturated heterocycles. The van der Waals surface area contributed by atoms with Crippen LogP contribution in [0.3, 0.4) is 0 Å². The van der Waals surface area contributed by atoms with E-state index in [1.165, 1.54) is 17.0 Å². The summed E-state index contributed by atoms with van der Waals surface area (Å²) in [5.41, 5.74) is 0. The lowest BCUT2D eigenvalue weighted by atomic mass is 10.0. The van der Waals surface area contributed by atoms with Crippen LogP contribution in [0, 0.1) is 0 Å². The molecule has 0 aliphatic heterocycles. The summed E-state index contributed by atoms with van der Waals surface area (Å²) in [5.74, 6) is -15.1. The number of alkyl halides is 9. The van der Waals surface area contributed by atoms with Gasteiger partial charge in [-0.3, -0.25) is 0 Å². The highest BCUT2D eigenvalue weighted by atomic mass is 32.2. The van der Waals surface area contributed by atoms with Gasteiger partial charge in [-0.1, -0.05) is 11.8 Å². The van der Waals surface area contributed by atoms with E-state index in [-0.39, 0.29) is 5.75 Å². The number of hydrogen-bond donors (Lipinski definition) is 0. The Bertz CT molecular complexity index is 539. The molecule has 2 nitrogen and oxygen atoms in total. The first kappa shape index (κ1) is 21.0. The predicted octanol–water partition coefficient (Wildman–Crippen LogP) is 5.15. The summed E-state index contributed by atoms with van der Waals surface area (Å²) in [6.45, 7) is 0. The summed E-state index contributed by atoms with van der Waals surface area (Å²) >= 11 is 0.823. The van der Waals surface area contributed by atoms with E-state index in [0.717, 1.165) is 11.8 Å². The number of rotatable bonds is 8. The molecule has 140 valence electrons. The average Bonchev–Trinajstić information content (AvgIpc) is 2.70. The van der Waals surface area contributed by atoms with Crippen LogP contribution in [0.1, 0.15) is 19.3 Å². The van der Waals surface area contributed by atoms with Gasteiger partial charge in [-0.15, -0.1) is 0 Å². The normalized spacial score (nSPS) is 14.2. The van der Waals surface area contributed by atoms with Gasteiger partial charge in [-0.05, 0) is 0 Å². The molecule has 1 aromatic rings. The molecule has 0 unspecified atom stereocenters. The lowest BCUT2D eigenvalue weighted by Gasteiger charge is -2.27. The summed E-state index contributed by atoms with van der Waals surface area (Å²) in [7, 11) is 1.57. The lowest BCUT2D eigenvalue weighted by molar-refractivity contribution is -0.303. The van der Waals surface area contributed by atoms with Gasteiger partial charge in [0.05, 0.1) is 12.8 Å². The smallest absolute Gasteiger partial charge is 0.329 e. The van der Waals surface area contributed by atoms with E-state index in [9.17, 15) is 39.5 Å². The van der Waals surface area contributed by atoms with Crippen molar-refractivity contribution in [1.29, 1.82) is 0 Å². The molecule has 0 aromatic carbocycles. The maximum absolute atomic E-state index is 13.5. The van der Waals surface area contributed by atoms with E-state index in [1.807, 2.05) is 0 Å². The van der Waals surface area contributed by atoms with Crippen molar-refractivity contribution < 1.29 is 39.5 Å². The predicted molar refractivity (Wildman–Crippen MR) is 68.7 cm³/mol. The van der Waals surface area contributed by atoms with E-state index in [2.05, 4.69) is 4.98 Å². The van der Waals surface area contributed by atoms with E-state index in [4.69, 9.17) is 0 Å². The molecule has 0 fully saturated rings. The van der Waals surface area contributed by atoms with Gasteiger partial charge in [0.25, 0.3) is 11.8 Å². The number of aromatic nitrogens is 2. The fourth-order valence-corrected chi connectivity index (χ4v) is 2.72. The Morgan fingerprint density at radius 1 is 0.958 bits per heavy atom. The van der Waals surface area contributed by atoms with E-state index in [0.29, 0.717) is 5.16 Å². The minimum atomic E-state index is -6.22. The maximum Gasteiger partial charge on any atom is 0.453 e. The van der Waals surface area contributed by atoms with Crippen molar-refractivity contribution >= 4 is 11.8 Å². The zero-order valence-electron chi connectivity index (χ0n) is 12.2. The molecule has 0 aliphatic carbocycles. The Labute approximate surface area is 135 Å². The zero-order chi connectivity index (χ0) is 18.8. The largest absolute Gasteiger partial charge is 0.453 e. The Kier molecular flexibility index (Phi) is 6.16. The second kappa shape index (κ2) is 7.04. The third-order valence-corrected chi connectivity index (χ3v) is 3.95. The highest BCUT2D eigenvalue weighted by molar-refractivity contribution is 7.99. The Balaban J connectivity index is 2.59. The number of thioether (sulfide) groups is 1. The number of aryl methyl sites for hydroxylation is 1. The third kappa shape index (κ3) is 6.10. The molecule has 0 aliphatic rings. The molecular weight excluding hydrogens is 375 g/mol. The number of imidazole rings is 1. The molecule has 0 radical (unpaired) electrons. The van der Waals surface area contributed by atoms with Crippen LogP contribution in [0.5, 0.6) is 0 Å². The van der Waals surface area contributed by atoms with E-state index < -0.39 is 43.2 Å². The first-order chi connectivity index (χ1) is 10.7. The maximum atomic E-state index is 13.5. The molecular formula is C12H13F9N2S. The fourth-order valence-electron chi connectivity index (χ4n) is 1.74. The van der Waals surface area contributed by atoms with Crippen molar-refractivity contribution in [2.45, 2.75) is 48.4 Å². The minimum Gasteiger partial charge on any atom is -0.329 e. The van der Waals surface area contributed by atoms with Crippen LogP contribution < -0.4 is 0 Å². The third-order valence-electron chi connectivity index (χ3n) is 2.89. The van der Waals surface area contributed by atoms with Crippen molar-refractivity contribution in [2.75, 3.05) is 5.75 Å². The highest BCUT2D eigenvalue weighted by Gasteiger charge is 2.62. The summed E-state index contributed by atoms with van der Waals surface area (Å²) < 4.78 is 116. The SMILES string of the molecule is Cn1ccnc1SCCC(F)(F)CC(F)(F)CC(F)(F)C(F)(F)F. The quantitative estimate of drug-likeness (QED) is 0.453. The van der Waals surface area contributed by atoms with E-state index >= 15 is 0 Å². The number of hydrogen-bond acceptors (Lipinski definition) is 2. The molecule has 0 amide bonds. The van der Waals surface area contributed by atoms with Crippen LogP contribution in [0.25, 0.3) is 0 Å². The molecule has 0 saturated carbocycles. The summed E-state index contributed by atoms with van der Waals surface area (Å²) in [5, 5.41) is 0.334. The van der Waals surface area contributed by atoms with Gasteiger partial charge in [0.2, 0.25) is 0 Å². The summed E-state index contributed by atoms with van der Waals surface area (Å²) in [6.07, 6.45) is -9.82. The summed E-state index contributed by atoms with van der Waals surface area (Å²) in [4.78, 5) is 3.79. The Morgan fingerprint density at radius 2 is 1.54 bits per heavy atom. The molecule has 1 rings (SSSR count). The Morgan fingerprint density at radius 3 is 2.00 bits per heavy atom. The van der Waals surface area contributed by atoms with Crippen LogP contribution in [0.2, 0.25) is 0 Å². The van der Waals surface area contributed by atoms with E-state index in [1.54, 1.807) is 7.05 Å². The molecule has 0 bridgehead atoms. The molecule has 1 aromatic heterocycles. The summed E-state index contributed by atoms with van der Waals surface area (Å²) in [6, 6.07) is 0. The average molecular weight is 388 g/mol. The fraction of sp³-hybridized carbons (Fsp3) is 0.750.